The number of carbonyl (C=O) groups is 3. The Morgan fingerprint density at radius 1 is 1.15 bits per heavy atom. The van der Waals surface area contributed by atoms with Crippen LogP contribution in [-0.4, -0.2) is 45.5 Å². The van der Waals surface area contributed by atoms with Crippen LogP contribution >= 0.6 is 11.8 Å². The van der Waals surface area contributed by atoms with Gasteiger partial charge in [0.2, 0.25) is 11.8 Å². The molecule has 1 fully saturated rings. The fraction of sp³-hybridized carbons (Fsp3) is 0.250. The van der Waals surface area contributed by atoms with Crippen molar-refractivity contribution in [3.63, 3.8) is 0 Å². The van der Waals surface area contributed by atoms with Gasteiger partial charge in [-0.25, -0.2) is 4.79 Å². The summed E-state index contributed by atoms with van der Waals surface area (Å²) < 4.78 is 0. The summed E-state index contributed by atoms with van der Waals surface area (Å²) in [6.07, 6.45) is -0.0445. The molecule has 7 heteroatoms. The van der Waals surface area contributed by atoms with Crippen LogP contribution in [0.15, 0.2) is 48.5 Å². The Hall–Kier alpha value is -2.80. The second kappa shape index (κ2) is 8.26. The van der Waals surface area contributed by atoms with Crippen LogP contribution in [0.3, 0.4) is 0 Å². The summed E-state index contributed by atoms with van der Waals surface area (Å²) in [6.45, 7) is 1.91. The van der Waals surface area contributed by atoms with Crippen LogP contribution < -0.4 is 5.32 Å². The van der Waals surface area contributed by atoms with Crippen molar-refractivity contribution >= 4 is 35.2 Å². The molecule has 0 saturated carbocycles. The third-order valence-corrected chi connectivity index (χ3v) is 5.51. The van der Waals surface area contributed by atoms with Crippen LogP contribution in [0.2, 0.25) is 0 Å². The summed E-state index contributed by atoms with van der Waals surface area (Å²) in [5, 5.41) is 12.2. The van der Waals surface area contributed by atoms with Crippen molar-refractivity contribution in [3.8, 4) is 0 Å². The predicted octanol–water partition coefficient (Wildman–Crippen LogP) is 2.78. The highest BCUT2D eigenvalue weighted by molar-refractivity contribution is 7.99. The first-order chi connectivity index (χ1) is 13.0. The van der Waals surface area contributed by atoms with E-state index in [4.69, 9.17) is 0 Å². The molecule has 2 aromatic carbocycles. The smallest absolute Gasteiger partial charge is 0.335 e. The van der Waals surface area contributed by atoms with Crippen molar-refractivity contribution in [1.82, 2.24) is 4.90 Å². The zero-order chi connectivity index (χ0) is 19.4. The van der Waals surface area contributed by atoms with E-state index in [1.807, 2.05) is 31.2 Å². The number of carbonyl (C=O) groups excluding carboxylic acids is 2. The SMILES string of the molecule is Cc1ccccc1NC(=O)C1CSCN1C(=O)Cc1ccccc1C(=O)O. The number of rotatable bonds is 5. The van der Waals surface area contributed by atoms with Crippen molar-refractivity contribution in [2.24, 2.45) is 0 Å². The molecule has 0 aliphatic carbocycles. The fourth-order valence-corrected chi connectivity index (χ4v) is 4.16. The second-order valence-electron chi connectivity index (χ2n) is 6.32. The monoisotopic (exact) mass is 384 g/mol. The molecule has 1 heterocycles. The first kappa shape index (κ1) is 19.0. The van der Waals surface area contributed by atoms with Gasteiger partial charge in [0.1, 0.15) is 6.04 Å². The molecule has 1 atom stereocenters. The largest absolute Gasteiger partial charge is 0.478 e. The standard InChI is InChI=1S/C20H20N2O4S/c1-13-6-2-5-9-16(13)21-19(24)17-11-27-12-22(17)18(23)10-14-7-3-4-8-15(14)20(25)26/h2-9,17H,10-12H2,1H3,(H,21,24)(H,25,26). The summed E-state index contributed by atoms with van der Waals surface area (Å²) >= 11 is 1.51. The van der Waals surface area contributed by atoms with Crippen molar-refractivity contribution < 1.29 is 19.5 Å². The molecule has 1 unspecified atom stereocenters. The number of carboxylic acid groups (broad SMARTS) is 1. The number of aromatic carboxylic acids is 1. The third-order valence-electron chi connectivity index (χ3n) is 4.50. The number of amides is 2. The minimum absolute atomic E-state index is 0.0445. The number of hydrogen-bond acceptors (Lipinski definition) is 4. The lowest BCUT2D eigenvalue weighted by Gasteiger charge is -2.23. The molecule has 0 aromatic heterocycles. The normalized spacial score (nSPS) is 16.2. The van der Waals surface area contributed by atoms with Gasteiger partial charge in [0.15, 0.2) is 0 Å². The lowest BCUT2D eigenvalue weighted by atomic mass is 10.0. The summed E-state index contributed by atoms with van der Waals surface area (Å²) in [4.78, 5) is 38.3. The van der Waals surface area contributed by atoms with E-state index in [0.717, 1.165) is 11.3 Å². The van der Waals surface area contributed by atoms with Crippen LogP contribution in [0.5, 0.6) is 0 Å². The first-order valence-electron chi connectivity index (χ1n) is 8.52. The molecule has 3 rings (SSSR count). The Bertz CT molecular complexity index is 884. The number of nitrogens with one attached hydrogen (secondary N) is 1. The molecule has 27 heavy (non-hydrogen) atoms. The van der Waals surface area contributed by atoms with E-state index in [-0.39, 0.29) is 23.8 Å². The molecule has 6 nitrogen and oxygen atoms in total. The van der Waals surface area contributed by atoms with E-state index in [0.29, 0.717) is 17.2 Å². The first-order valence-corrected chi connectivity index (χ1v) is 9.67. The molecular weight excluding hydrogens is 364 g/mol. The van der Waals surface area contributed by atoms with Gasteiger partial charge in [-0.15, -0.1) is 11.8 Å². The molecule has 2 aromatic rings. The number of hydrogen-bond donors (Lipinski definition) is 2. The minimum Gasteiger partial charge on any atom is -0.478 e. The average Bonchev–Trinajstić information content (AvgIpc) is 3.14. The zero-order valence-electron chi connectivity index (χ0n) is 14.8. The van der Waals surface area contributed by atoms with Crippen molar-refractivity contribution in [2.75, 3.05) is 16.9 Å². The Morgan fingerprint density at radius 3 is 2.59 bits per heavy atom. The van der Waals surface area contributed by atoms with E-state index < -0.39 is 12.0 Å². The van der Waals surface area contributed by atoms with Gasteiger partial charge in [0.25, 0.3) is 0 Å². The Labute approximate surface area is 161 Å². The number of para-hydroxylation sites is 1. The molecule has 2 N–H and O–H groups in total. The molecule has 1 saturated heterocycles. The summed E-state index contributed by atoms with van der Waals surface area (Å²) in [7, 11) is 0. The van der Waals surface area contributed by atoms with Gasteiger partial charge in [-0.05, 0) is 30.2 Å². The lowest BCUT2D eigenvalue weighted by molar-refractivity contribution is -0.135. The third kappa shape index (κ3) is 4.31. The van der Waals surface area contributed by atoms with Gasteiger partial charge in [-0.1, -0.05) is 36.4 Å². The quantitative estimate of drug-likeness (QED) is 0.828. The maximum absolute atomic E-state index is 12.8. The molecule has 0 bridgehead atoms. The van der Waals surface area contributed by atoms with Crippen LogP contribution in [0.25, 0.3) is 0 Å². The molecule has 1 aliphatic rings. The maximum Gasteiger partial charge on any atom is 0.335 e. The minimum atomic E-state index is -1.07. The van der Waals surface area contributed by atoms with Gasteiger partial charge in [-0.2, -0.15) is 0 Å². The van der Waals surface area contributed by atoms with Gasteiger partial charge in [0, 0.05) is 11.4 Å². The molecule has 1 aliphatic heterocycles. The van der Waals surface area contributed by atoms with Crippen molar-refractivity contribution in [1.29, 1.82) is 0 Å². The molecule has 140 valence electrons. The predicted molar refractivity (Wildman–Crippen MR) is 105 cm³/mol. The zero-order valence-corrected chi connectivity index (χ0v) is 15.7. The van der Waals surface area contributed by atoms with Crippen LogP contribution in [0, 0.1) is 6.92 Å². The topological polar surface area (TPSA) is 86.7 Å². The van der Waals surface area contributed by atoms with E-state index in [1.54, 1.807) is 18.2 Å². The van der Waals surface area contributed by atoms with E-state index in [9.17, 15) is 19.5 Å². The van der Waals surface area contributed by atoms with Gasteiger partial charge in [-0.3, -0.25) is 9.59 Å². The summed E-state index contributed by atoms with van der Waals surface area (Å²) in [5.41, 5.74) is 2.23. The number of anilines is 1. The molecule has 0 spiro atoms. The second-order valence-corrected chi connectivity index (χ2v) is 7.32. The van der Waals surface area contributed by atoms with Crippen molar-refractivity contribution in [2.45, 2.75) is 19.4 Å². The molecule has 0 radical (unpaired) electrons. The van der Waals surface area contributed by atoms with Crippen LogP contribution in [-0.2, 0) is 16.0 Å². The lowest BCUT2D eigenvalue weighted by Crippen LogP contribution is -2.45. The highest BCUT2D eigenvalue weighted by atomic mass is 32.2. The number of nitrogens with zero attached hydrogens (tertiary/aromatic N) is 1. The van der Waals surface area contributed by atoms with Crippen LogP contribution in [0.1, 0.15) is 21.5 Å². The Kier molecular flexibility index (Phi) is 5.81. The van der Waals surface area contributed by atoms with Gasteiger partial charge < -0.3 is 15.3 Å². The number of aryl methyl sites for hydroxylation is 1. The number of carboxylic acids is 1. The Morgan fingerprint density at radius 2 is 1.85 bits per heavy atom. The van der Waals surface area contributed by atoms with Gasteiger partial charge >= 0.3 is 5.97 Å². The van der Waals surface area contributed by atoms with E-state index >= 15 is 0 Å². The van der Waals surface area contributed by atoms with E-state index in [1.165, 1.54) is 22.7 Å². The van der Waals surface area contributed by atoms with E-state index in [2.05, 4.69) is 5.32 Å². The Balaban J connectivity index is 1.72. The highest BCUT2D eigenvalue weighted by Gasteiger charge is 2.35. The number of benzene rings is 2. The number of thioether (sulfide) groups is 1. The fourth-order valence-electron chi connectivity index (χ4n) is 2.98. The average molecular weight is 384 g/mol. The van der Waals surface area contributed by atoms with Gasteiger partial charge in [0.05, 0.1) is 17.9 Å². The molecular formula is C20H20N2O4S. The summed E-state index contributed by atoms with van der Waals surface area (Å²) in [5.74, 6) is -0.611. The highest BCUT2D eigenvalue weighted by Crippen LogP contribution is 2.24. The molecule has 2 amide bonds. The van der Waals surface area contributed by atoms with Crippen molar-refractivity contribution in [3.05, 3.63) is 65.2 Å². The summed E-state index contributed by atoms with van der Waals surface area (Å²) in [6, 6.07) is 13.3. The maximum atomic E-state index is 12.8. The van der Waals surface area contributed by atoms with Crippen LogP contribution in [0.4, 0.5) is 5.69 Å².